The third-order valence-corrected chi connectivity index (χ3v) is 3.06. The quantitative estimate of drug-likeness (QED) is 0.674. The zero-order chi connectivity index (χ0) is 13.4. The zero-order valence-electron chi connectivity index (χ0n) is 10.4. The number of carbonyl (C=O) groups excluding carboxylic acids is 2. The molecule has 0 aliphatic heterocycles. The van der Waals surface area contributed by atoms with Gasteiger partial charge in [0, 0.05) is 18.4 Å². The lowest BCUT2D eigenvalue weighted by Gasteiger charge is -2.18. The standard InChI is InChI=1S/C14H20N2O2/c15-13(8-9-14(16)18)12(10-17)7-6-11-4-2-1-3-5-11/h1-5,10,12-13H,6-9,15H2,(H2,16,18). The third-order valence-electron chi connectivity index (χ3n) is 3.06. The molecule has 0 fully saturated rings. The van der Waals surface area contributed by atoms with Crippen LogP contribution in [0, 0.1) is 5.92 Å². The molecule has 1 amide bonds. The number of carbonyl (C=O) groups is 2. The number of primary amides is 1. The van der Waals surface area contributed by atoms with Crippen molar-refractivity contribution in [1.82, 2.24) is 0 Å². The molecule has 1 rings (SSSR count). The number of aldehydes is 1. The van der Waals surface area contributed by atoms with Gasteiger partial charge in [-0.25, -0.2) is 0 Å². The highest BCUT2D eigenvalue weighted by Gasteiger charge is 2.17. The van der Waals surface area contributed by atoms with Crippen LogP contribution in [-0.4, -0.2) is 18.2 Å². The maximum atomic E-state index is 11.0. The van der Waals surface area contributed by atoms with E-state index in [1.807, 2.05) is 30.3 Å². The van der Waals surface area contributed by atoms with Crippen molar-refractivity contribution >= 4 is 12.2 Å². The van der Waals surface area contributed by atoms with Crippen LogP contribution in [-0.2, 0) is 16.0 Å². The lowest BCUT2D eigenvalue weighted by Crippen LogP contribution is -2.32. The fourth-order valence-corrected chi connectivity index (χ4v) is 1.88. The van der Waals surface area contributed by atoms with Crippen molar-refractivity contribution in [3.63, 3.8) is 0 Å². The minimum atomic E-state index is -0.377. The van der Waals surface area contributed by atoms with Crippen LogP contribution in [0.5, 0.6) is 0 Å². The van der Waals surface area contributed by atoms with Crippen LogP contribution >= 0.6 is 0 Å². The molecule has 0 bridgehead atoms. The third kappa shape index (κ3) is 5.10. The smallest absolute Gasteiger partial charge is 0.217 e. The average molecular weight is 248 g/mol. The average Bonchev–Trinajstić information content (AvgIpc) is 2.38. The van der Waals surface area contributed by atoms with Crippen molar-refractivity contribution in [2.24, 2.45) is 17.4 Å². The van der Waals surface area contributed by atoms with E-state index in [0.29, 0.717) is 12.8 Å². The summed E-state index contributed by atoms with van der Waals surface area (Å²) < 4.78 is 0. The van der Waals surface area contributed by atoms with Gasteiger partial charge in [0.1, 0.15) is 6.29 Å². The van der Waals surface area contributed by atoms with Gasteiger partial charge < -0.3 is 16.3 Å². The summed E-state index contributed by atoms with van der Waals surface area (Å²) in [6, 6.07) is 9.65. The maximum Gasteiger partial charge on any atom is 0.217 e. The van der Waals surface area contributed by atoms with Crippen LogP contribution in [0.1, 0.15) is 24.8 Å². The number of rotatable bonds is 8. The van der Waals surface area contributed by atoms with Gasteiger partial charge in [-0.1, -0.05) is 30.3 Å². The molecule has 4 heteroatoms. The lowest BCUT2D eigenvalue weighted by molar-refractivity contribution is -0.118. The Labute approximate surface area is 107 Å². The first-order valence-electron chi connectivity index (χ1n) is 6.16. The van der Waals surface area contributed by atoms with Crippen molar-refractivity contribution in [3.8, 4) is 0 Å². The van der Waals surface area contributed by atoms with Crippen molar-refractivity contribution in [3.05, 3.63) is 35.9 Å². The Bertz CT molecular complexity index is 379. The normalized spacial score (nSPS) is 13.8. The van der Waals surface area contributed by atoms with Crippen molar-refractivity contribution in [2.45, 2.75) is 31.7 Å². The van der Waals surface area contributed by atoms with Gasteiger partial charge in [-0.05, 0) is 24.8 Å². The van der Waals surface area contributed by atoms with Crippen LogP contribution in [0.3, 0.4) is 0 Å². The Hall–Kier alpha value is -1.68. The van der Waals surface area contributed by atoms with Crippen LogP contribution in [0.25, 0.3) is 0 Å². The zero-order valence-corrected chi connectivity index (χ0v) is 10.4. The first-order valence-corrected chi connectivity index (χ1v) is 6.16. The summed E-state index contributed by atoms with van der Waals surface area (Å²) >= 11 is 0. The van der Waals surface area contributed by atoms with Crippen LogP contribution in [0.15, 0.2) is 30.3 Å². The fourth-order valence-electron chi connectivity index (χ4n) is 1.88. The van der Waals surface area contributed by atoms with E-state index < -0.39 is 0 Å². The molecule has 2 unspecified atom stereocenters. The minimum Gasteiger partial charge on any atom is -0.370 e. The molecule has 4 N–H and O–H groups in total. The van der Waals surface area contributed by atoms with Crippen LogP contribution in [0.2, 0.25) is 0 Å². The highest BCUT2D eigenvalue weighted by Crippen LogP contribution is 2.13. The Kier molecular flexibility index (Phi) is 6.08. The minimum absolute atomic E-state index is 0.218. The summed E-state index contributed by atoms with van der Waals surface area (Å²) in [5.74, 6) is -0.595. The summed E-state index contributed by atoms with van der Waals surface area (Å²) in [6.07, 6.45) is 3.10. The van der Waals surface area contributed by atoms with E-state index in [1.54, 1.807) is 0 Å². The second-order valence-corrected chi connectivity index (χ2v) is 4.49. The molecule has 4 nitrogen and oxygen atoms in total. The molecule has 0 radical (unpaired) electrons. The molecule has 1 aromatic rings. The van der Waals surface area contributed by atoms with E-state index in [0.717, 1.165) is 12.7 Å². The Morgan fingerprint density at radius 3 is 2.44 bits per heavy atom. The molecule has 2 atom stereocenters. The molecule has 0 heterocycles. The Morgan fingerprint density at radius 2 is 1.89 bits per heavy atom. The molecule has 18 heavy (non-hydrogen) atoms. The molecule has 0 saturated heterocycles. The molecular formula is C14H20N2O2. The van der Waals surface area contributed by atoms with Crippen molar-refractivity contribution < 1.29 is 9.59 Å². The molecule has 0 spiro atoms. The van der Waals surface area contributed by atoms with Crippen LogP contribution < -0.4 is 11.5 Å². The number of hydrogen-bond acceptors (Lipinski definition) is 3. The molecule has 0 aromatic heterocycles. The maximum absolute atomic E-state index is 11.0. The van der Waals surface area contributed by atoms with Gasteiger partial charge in [-0.2, -0.15) is 0 Å². The molecule has 1 aromatic carbocycles. The Balaban J connectivity index is 2.41. The van der Waals surface area contributed by atoms with Gasteiger partial charge in [0.25, 0.3) is 0 Å². The molecule has 0 saturated carbocycles. The van der Waals surface area contributed by atoms with Gasteiger partial charge in [-0.3, -0.25) is 4.79 Å². The first kappa shape index (κ1) is 14.4. The second-order valence-electron chi connectivity index (χ2n) is 4.49. The number of amides is 1. The molecule has 98 valence electrons. The molecule has 0 aliphatic carbocycles. The number of aryl methyl sites for hydroxylation is 1. The SMILES string of the molecule is NC(=O)CCC(N)C(C=O)CCc1ccccc1. The second kappa shape index (κ2) is 7.61. The van der Waals surface area contributed by atoms with E-state index >= 15 is 0 Å². The summed E-state index contributed by atoms with van der Waals surface area (Å²) in [6.45, 7) is 0. The number of hydrogen-bond donors (Lipinski definition) is 2. The van der Waals surface area contributed by atoms with Gasteiger partial charge in [0.05, 0.1) is 0 Å². The number of benzene rings is 1. The predicted octanol–water partition coefficient (Wildman–Crippen LogP) is 1.03. The number of nitrogens with two attached hydrogens (primary N) is 2. The Morgan fingerprint density at radius 1 is 1.22 bits per heavy atom. The van der Waals surface area contributed by atoms with E-state index in [9.17, 15) is 9.59 Å². The summed E-state index contributed by atoms with van der Waals surface area (Å²) in [5.41, 5.74) is 12.2. The highest BCUT2D eigenvalue weighted by molar-refractivity contribution is 5.73. The topological polar surface area (TPSA) is 86.2 Å². The van der Waals surface area contributed by atoms with E-state index in [4.69, 9.17) is 11.5 Å². The largest absolute Gasteiger partial charge is 0.370 e. The van der Waals surface area contributed by atoms with Crippen molar-refractivity contribution in [2.75, 3.05) is 0 Å². The van der Waals surface area contributed by atoms with Gasteiger partial charge in [0.15, 0.2) is 0 Å². The van der Waals surface area contributed by atoms with Crippen LogP contribution in [0.4, 0.5) is 0 Å². The van der Waals surface area contributed by atoms with E-state index in [2.05, 4.69) is 0 Å². The first-order chi connectivity index (χ1) is 8.63. The van der Waals surface area contributed by atoms with Gasteiger partial charge >= 0.3 is 0 Å². The summed E-state index contributed by atoms with van der Waals surface area (Å²) in [5, 5.41) is 0. The van der Waals surface area contributed by atoms with Crippen molar-refractivity contribution in [1.29, 1.82) is 0 Å². The lowest BCUT2D eigenvalue weighted by atomic mass is 9.91. The predicted molar refractivity (Wildman–Crippen MR) is 70.7 cm³/mol. The highest BCUT2D eigenvalue weighted by atomic mass is 16.1. The fraction of sp³-hybridized carbons (Fsp3) is 0.429. The molecular weight excluding hydrogens is 228 g/mol. The summed E-state index contributed by atoms with van der Waals surface area (Å²) in [7, 11) is 0. The van der Waals surface area contributed by atoms with Gasteiger partial charge in [-0.15, -0.1) is 0 Å². The van der Waals surface area contributed by atoms with Gasteiger partial charge in [0.2, 0.25) is 5.91 Å². The summed E-state index contributed by atoms with van der Waals surface area (Å²) in [4.78, 5) is 21.7. The van der Waals surface area contributed by atoms with E-state index in [1.165, 1.54) is 5.56 Å². The molecule has 0 aliphatic rings. The van der Waals surface area contributed by atoms with E-state index in [-0.39, 0.29) is 24.3 Å². The monoisotopic (exact) mass is 248 g/mol.